The van der Waals surface area contributed by atoms with Crippen LogP contribution in [0.4, 0.5) is 4.39 Å². The third-order valence-corrected chi connectivity index (χ3v) is 2.88. The minimum atomic E-state index is -0.248. The quantitative estimate of drug-likeness (QED) is 0.763. The molecule has 0 heterocycles. The van der Waals surface area contributed by atoms with Crippen LogP contribution in [0.5, 0.6) is 5.75 Å². The van der Waals surface area contributed by atoms with Crippen molar-refractivity contribution >= 4 is 0 Å². The first-order valence-electron chi connectivity index (χ1n) is 6.56. The highest BCUT2D eigenvalue weighted by Gasteiger charge is 2.03. The van der Waals surface area contributed by atoms with E-state index in [1.807, 2.05) is 24.3 Å². The van der Waals surface area contributed by atoms with Crippen molar-refractivity contribution in [2.75, 3.05) is 13.2 Å². The Morgan fingerprint density at radius 1 is 1.05 bits per heavy atom. The van der Waals surface area contributed by atoms with Crippen LogP contribution in [-0.4, -0.2) is 18.3 Å². The standard InChI is InChI=1S/C16H18FNO2/c17-15-7-5-13(6-8-15)12-20-16-4-2-1-3-14(16)11-18-9-10-19/h1-8,18-19H,9-12H2. The Kier molecular flexibility index (Phi) is 5.53. The maximum Gasteiger partial charge on any atom is 0.124 e. The van der Waals surface area contributed by atoms with Crippen LogP contribution in [0.2, 0.25) is 0 Å². The molecule has 0 amide bonds. The highest BCUT2D eigenvalue weighted by atomic mass is 19.1. The van der Waals surface area contributed by atoms with E-state index in [-0.39, 0.29) is 12.4 Å². The number of nitrogens with one attached hydrogen (secondary N) is 1. The summed E-state index contributed by atoms with van der Waals surface area (Å²) in [6.07, 6.45) is 0. The number of para-hydroxylation sites is 1. The van der Waals surface area contributed by atoms with Crippen molar-refractivity contribution in [3.05, 3.63) is 65.5 Å². The maximum atomic E-state index is 12.8. The number of hydrogen-bond donors (Lipinski definition) is 2. The van der Waals surface area contributed by atoms with E-state index in [0.29, 0.717) is 19.7 Å². The minimum absolute atomic E-state index is 0.110. The van der Waals surface area contributed by atoms with E-state index in [0.717, 1.165) is 16.9 Å². The van der Waals surface area contributed by atoms with E-state index in [1.54, 1.807) is 12.1 Å². The van der Waals surface area contributed by atoms with Crippen LogP contribution in [0, 0.1) is 5.82 Å². The fourth-order valence-electron chi connectivity index (χ4n) is 1.83. The molecule has 2 rings (SSSR count). The second-order valence-electron chi connectivity index (χ2n) is 4.42. The number of aliphatic hydroxyl groups is 1. The van der Waals surface area contributed by atoms with E-state index in [4.69, 9.17) is 9.84 Å². The third kappa shape index (κ3) is 4.33. The van der Waals surface area contributed by atoms with Crippen LogP contribution in [0.25, 0.3) is 0 Å². The zero-order valence-corrected chi connectivity index (χ0v) is 11.2. The average Bonchev–Trinajstić information content (AvgIpc) is 2.48. The smallest absolute Gasteiger partial charge is 0.124 e. The van der Waals surface area contributed by atoms with Crippen molar-refractivity contribution in [3.63, 3.8) is 0 Å². The van der Waals surface area contributed by atoms with Gasteiger partial charge in [0, 0.05) is 18.7 Å². The predicted molar refractivity (Wildman–Crippen MR) is 76.0 cm³/mol. The zero-order chi connectivity index (χ0) is 14.2. The largest absolute Gasteiger partial charge is 0.489 e. The lowest BCUT2D eigenvalue weighted by molar-refractivity contribution is 0.288. The molecule has 0 fully saturated rings. The summed E-state index contributed by atoms with van der Waals surface area (Å²) in [6, 6.07) is 14.0. The summed E-state index contributed by atoms with van der Waals surface area (Å²) >= 11 is 0. The second kappa shape index (κ2) is 7.62. The van der Waals surface area contributed by atoms with Crippen LogP contribution in [0.1, 0.15) is 11.1 Å². The first-order chi connectivity index (χ1) is 9.79. The molecule has 0 spiro atoms. The molecule has 4 heteroatoms. The molecule has 0 atom stereocenters. The van der Waals surface area contributed by atoms with E-state index in [2.05, 4.69) is 5.32 Å². The first-order valence-corrected chi connectivity index (χ1v) is 6.56. The van der Waals surface area contributed by atoms with E-state index < -0.39 is 0 Å². The summed E-state index contributed by atoms with van der Waals surface area (Å²) in [5, 5.41) is 11.9. The molecular formula is C16H18FNO2. The number of aliphatic hydroxyl groups excluding tert-OH is 1. The number of ether oxygens (including phenoxy) is 1. The van der Waals surface area contributed by atoms with Crippen LogP contribution < -0.4 is 10.1 Å². The SMILES string of the molecule is OCCNCc1ccccc1OCc1ccc(F)cc1. The van der Waals surface area contributed by atoms with Crippen LogP contribution in [-0.2, 0) is 13.2 Å². The van der Waals surface area contributed by atoms with Crippen molar-refractivity contribution in [3.8, 4) is 5.75 Å². The molecule has 0 aliphatic rings. The summed E-state index contributed by atoms with van der Waals surface area (Å²) in [6.45, 7) is 1.70. The third-order valence-electron chi connectivity index (χ3n) is 2.88. The second-order valence-corrected chi connectivity index (χ2v) is 4.42. The van der Waals surface area contributed by atoms with Gasteiger partial charge in [-0.3, -0.25) is 0 Å². The van der Waals surface area contributed by atoms with Gasteiger partial charge in [-0.25, -0.2) is 4.39 Å². The molecule has 0 unspecified atom stereocenters. The van der Waals surface area contributed by atoms with Gasteiger partial charge in [-0.2, -0.15) is 0 Å². The number of hydrogen-bond acceptors (Lipinski definition) is 3. The summed E-state index contributed by atoms with van der Waals surface area (Å²) in [5.74, 6) is 0.546. The lowest BCUT2D eigenvalue weighted by Crippen LogP contribution is -2.18. The molecule has 0 aliphatic heterocycles. The fourth-order valence-corrected chi connectivity index (χ4v) is 1.83. The Morgan fingerprint density at radius 2 is 1.80 bits per heavy atom. The van der Waals surface area contributed by atoms with E-state index in [1.165, 1.54) is 12.1 Å². The Bertz CT molecular complexity index is 528. The Morgan fingerprint density at radius 3 is 2.55 bits per heavy atom. The first kappa shape index (κ1) is 14.5. The summed E-state index contributed by atoms with van der Waals surface area (Å²) < 4.78 is 18.6. The molecule has 0 aliphatic carbocycles. The van der Waals surface area contributed by atoms with Crippen molar-refractivity contribution in [1.29, 1.82) is 0 Å². The molecule has 2 aromatic rings. The molecule has 106 valence electrons. The van der Waals surface area contributed by atoms with Crippen molar-refractivity contribution in [2.24, 2.45) is 0 Å². The minimum Gasteiger partial charge on any atom is -0.489 e. The highest BCUT2D eigenvalue weighted by Crippen LogP contribution is 2.19. The summed E-state index contributed by atoms with van der Waals surface area (Å²) in [7, 11) is 0. The monoisotopic (exact) mass is 275 g/mol. The fraction of sp³-hybridized carbons (Fsp3) is 0.250. The van der Waals surface area contributed by atoms with Crippen LogP contribution >= 0.6 is 0 Å². The molecule has 20 heavy (non-hydrogen) atoms. The van der Waals surface area contributed by atoms with Gasteiger partial charge < -0.3 is 15.2 Å². The maximum absolute atomic E-state index is 12.8. The lowest BCUT2D eigenvalue weighted by Gasteiger charge is -2.12. The summed E-state index contributed by atoms with van der Waals surface area (Å²) in [5.41, 5.74) is 1.95. The Labute approximate surface area is 118 Å². The van der Waals surface area contributed by atoms with Gasteiger partial charge in [-0.1, -0.05) is 30.3 Å². The van der Waals surface area contributed by atoms with Gasteiger partial charge in [0.1, 0.15) is 18.2 Å². The molecule has 0 saturated carbocycles. The van der Waals surface area contributed by atoms with Gasteiger partial charge in [-0.05, 0) is 23.8 Å². The van der Waals surface area contributed by atoms with Gasteiger partial charge in [-0.15, -0.1) is 0 Å². The molecule has 0 radical (unpaired) electrons. The van der Waals surface area contributed by atoms with E-state index >= 15 is 0 Å². The van der Waals surface area contributed by atoms with Crippen molar-refractivity contribution in [1.82, 2.24) is 5.32 Å². The average molecular weight is 275 g/mol. The summed E-state index contributed by atoms with van der Waals surface area (Å²) in [4.78, 5) is 0. The zero-order valence-electron chi connectivity index (χ0n) is 11.2. The molecule has 3 nitrogen and oxygen atoms in total. The van der Waals surface area contributed by atoms with E-state index in [9.17, 15) is 4.39 Å². The topological polar surface area (TPSA) is 41.5 Å². The van der Waals surface area contributed by atoms with Crippen LogP contribution in [0.15, 0.2) is 48.5 Å². The number of rotatable bonds is 7. The van der Waals surface area contributed by atoms with Crippen molar-refractivity contribution < 1.29 is 14.2 Å². The highest BCUT2D eigenvalue weighted by molar-refractivity contribution is 5.33. The number of benzene rings is 2. The molecule has 0 aromatic heterocycles. The molecular weight excluding hydrogens is 257 g/mol. The molecule has 0 saturated heterocycles. The van der Waals surface area contributed by atoms with Gasteiger partial charge in [0.05, 0.1) is 6.61 Å². The van der Waals surface area contributed by atoms with Gasteiger partial charge in [0.25, 0.3) is 0 Å². The van der Waals surface area contributed by atoms with Gasteiger partial charge >= 0.3 is 0 Å². The predicted octanol–water partition coefficient (Wildman–Crippen LogP) is 2.49. The van der Waals surface area contributed by atoms with Crippen molar-refractivity contribution in [2.45, 2.75) is 13.2 Å². The van der Waals surface area contributed by atoms with Gasteiger partial charge in [0.2, 0.25) is 0 Å². The number of halogens is 1. The lowest BCUT2D eigenvalue weighted by atomic mass is 10.2. The molecule has 2 aromatic carbocycles. The molecule has 2 N–H and O–H groups in total. The van der Waals surface area contributed by atoms with Crippen LogP contribution in [0.3, 0.4) is 0 Å². The Balaban J connectivity index is 1.96. The normalized spacial score (nSPS) is 10.5. The molecule has 0 bridgehead atoms. The van der Waals surface area contributed by atoms with Gasteiger partial charge in [0.15, 0.2) is 0 Å². The Hall–Kier alpha value is -1.91.